The van der Waals surface area contributed by atoms with Crippen LogP contribution in [0.4, 0.5) is 29.3 Å². The van der Waals surface area contributed by atoms with Crippen molar-refractivity contribution in [2.24, 2.45) is 5.92 Å². The van der Waals surface area contributed by atoms with Crippen molar-refractivity contribution in [2.45, 2.75) is 77.3 Å². The van der Waals surface area contributed by atoms with Crippen molar-refractivity contribution >= 4 is 29.2 Å². The number of amides is 4. The first-order chi connectivity index (χ1) is 21.8. The second kappa shape index (κ2) is 17.2. The van der Waals surface area contributed by atoms with Gasteiger partial charge < -0.3 is 35.0 Å². The van der Waals surface area contributed by atoms with Crippen LogP contribution in [0.15, 0.2) is 48.5 Å². The molecule has 0 radical (unpaired) electrons. The van der Waals surface area contributed by atoms with Crippen molar-refractivity contribution in [3.8, 4) is 5.75 Å². The lowest BCUT2D eigenvalue weighted by molar-refractivity contribution is -0.149. The van der Waals surface area contributed by atoms with Gasteiger partial charge in [0.15, 0.2) is 0 Å². The minimum atomic E-state index is -4.44. The van der Waals surface area contributed by atoms with E-state index >= 15 is 0 Å². The highest BCUT2D eigenvalue weighted by Gasteiger charge is 2.32. The Morgan fingerprint density at radius 2 is 1.78 bits per heavy atom. The van der Waals surface area contributed by atoms with Crippen LogP contribution >= 0.6 is 0 Å². The maximum Gasteiger partial charge on any atom is 0.389 e. The molecule has 0 saturated heterocycles. The number of ether oxygens (including phenoxy) is 2. The number of hydrogen-bond donors (Lipinski definition) is 3. The normalized spacial score (nSPS) is 20.5. The number of nitrogens with one attached hydrogen (secondary N) is 2. The number of fused-ring (bicyclic) bond motifs is 1. The minimum absolute atomic E-state index is 0.0358. The number of nitrogens with zero attached hydrogens (tertiary/aromatic N) is 2. The van der Waals surface area contributed by atoms with Crippen LogP contribution in [-0.2, 0) is 9.53 Å². The molecule has 254 valence electrons. The summed E-state index contributed by atoms with van der Waals surface area (Å²) in [6.45, 7) is 5.57. The van der Waals surface area contributed by atoms with E-state index in [1.807, 2.05) is 19.9 Å². The number of anilines is 2. The van der Waals surface area contributed by atoms with Gasteiger partial charge in [-0.05, 0) is 63.4 Å². The summed E-state index contributed by atoms with van der Waals surface area (Å²) < 4.78 is 50.6. The summed E-state index contributed by atoms with van der Waals surface area (Å²) in [7, 11) is 1.44. The third kappa shape index (κ3) is 11.5. The Labute approximate surface area is 268 Å². The second-order valence-electron chi connectivity index (χ2n) is 11.8. The van der Waals surface area contributed by atoms with Gasteiger partial charge in [-0.2, -0.15) is 13.2 Å². The number of likely N-dealkylation sites (N-methyl/N-ethyl adjacent to an activating group) is 1. The topological polar surface area (TPSA) is 120 Å². The summed E-state index contributed by atoms with van der Waals surface area (Å²) >= 11 is 0. The fourth-order valence-electron chi connectivity index (χ4n) is 5.09. The molecule has 2 aromatic rings. The van der Waals surface area contributed by atoms with Crippen LogP contribution in [0.3, 0.4) is 0 Å². The van der Waals surface area contributed by atoms with Gasteiger partial charge in [-0.25, -0.2) is 4.79 Å². The molecule has 3 N–H and O–H groups in total. The highest BCUT2D eigenvalue weighted by Crippen LogP contribution is 2.29. The van der Waals surface area contributed by atoms with Gasteiger partial charge in [0, 0.05) is 50.5 Å². The molecule has 0 fully saturated rings. The van der Waals surface area contributed by atoms with E-state index < -0.39 is 49.0 Å². The lowest BCUT2D eigenvalue weighted by Gasteiger charge is -2.36. The number of para-hydroxylation sites is 1. The Morgan fingerprint density at radius 1 is 1.09 bits per heavy atom. The first kappa shape index (κ1) is 36.6. The maximum absolute atomic E-state index is 14.2. The fraction of sp³-hybridized carbons (Fsp3) is 0.545. The Hall–Kier alpha value is -3.84. The first-order valence-corrected chi connectivity index (χ1v) is 15.5. The summed E-state index contributed by atoms with van der Waals surface area (Å²) in [5, 5.41) is 15.6. The SMILES string of the molecule is C[C@@H]1CCCCO[C@H](CN(C)C(=O)CCC(F)(F)F)[C@@H](C)CN([C@@H](C)CO)C(=O)c2cc(NC(=O)Nc3ccccc3)ccc2O1. The molecular weight excluding hydrogens is 605 g/mol. The number of aliphatic hydroxyl groups is 1. The van der Waals surface area contributed by atoms with Crippen LogP contribution in [0.2, 0.25) is 0 Å². The molecule has 0 saturated carbocycles. The zero-order chi connectivity index (χ0) is 33.9. The lowest BCUT2D eigenvalue weighted by atomic mass is 10.0. The Balaban J connectivity index is 1.89. The number of carbonyl (C=O) groups is 3. The maximum atomic E-state index is 14.2. The Kier molecular flexibility index (Phi) is 13.7. The van der Waals surface area contributed by atoms with Gasteiger partial charge in [-0.15, -0.1) is 0 Å². The van der Waals surface area contributed by atoms with E-state index in [0.717, 1.165) is 6.42 Å². The molecule has 2 aromatic carbocycles. The van der Waals surface area contributed by atoms with Crippen molar-refractivity contribution in [2.75, 3.05) is 44.0 Å². The van der Waals surface area contributed by atoms with Gasteiger partial charge in [0.2, 0.25) is 5.91 Å². The molecule has 1 aliphatic rings. The van der Waals surface area contributed by atoms with Crippen molar-refractivity contribution < 1.29 is 42.1 Å². The van der Waals surface area contributed by atoms with Crippen LogP contribution in [0.1, 0.15) is 63.2 Å². The highest BCUT2D eigenvalue weighted by molar-refractivity contribution is 6.02. The average molecular weight is 651 g/mol. The molecule has 4 atom stereocenters. The van der Waals surface area contributed by atoms with Gasteiger partial charge in [0.05, 0.1) is 36.8 Å². The Morgan fingerprint density at radius 3 is 2.46 bits per heavy atom. The van der Waals surface area contributed by atoms with E-state index in [2.05, 4.69) is 10.6 Å². The molecule has 10 nitrogen and oxygen atoms in total. The van der Waals surface area contributed by atoms with Crippen LogP contribution in [0.5, 0.6) is 5.75 Å². The molecule has 1 aliphatic heterocycles. The first-order valence-electron chi connectivity index (χ1n) is 15.5. The lowest BCUT2D eigenvalue weighted by Crippen LogP contribution is -2.48. The van der Waals surface area contributed by atoms with E-state index in [1.165, 1.54) is 22.9 Å². The van der Waals surface area contributed by atoms with Gasteiger partial charge in [0.25, 0.3) is 5.91 Å². The molecule has 3 rings (SSSR count). The molecule has 0 aliphatic carbocycles. The number of hydrogen-bond acceptors (Lipinski definition) is 6. The van der Waals surface area contributed by atoms with E-state index in [0.29, 0.717) is 36.6 Å². The van der Waals surface area contributed by atoms with E-state index in [-0.39, 0.29) is 37.3 Å². The summed E-state index contributed by atoms with van der Waals surface area (Å²) in [6.07, 6.45) is -5.08. The number of carbonyl (C=O) groups excluding carboxylic acids is 3. The standard InChI is InChI=1S/C33H45F3N4O6/c1-22-19-40(23(2)21-41)31(43)27-18-26(38-32(44)37-25-11-6-5-7-12-25)13-14-28(27)46-24(3)10-8-9-17-45-29(22)20-39(4)30(42)15-16-33(34,35)36/h5-7,11-14,18,22-24,29,41H,8-10,15-17,19-21H2,1-4H3,(H2,37,38,44)/t22-,23-,24+,29+/m0/s1. The zero-order valence-electron chi connectivity index (χ0n) is 26.8. The summed E-state index contributed by atoms with van der Waals surface area (Å²) in [5.74, 6) is -1.15. The van der Waals surface area contributed by atoms with E-state index in [9.17, 15) is 32.7 Å². The van der Waals surface area contributed by atoms with Gasteiger partial charge >= 0.3 is 12.2 Å². The van der Waals surface area contributed by atoms with Crippen LogP contribution in [0, 0.1) is 5.92 Å². The van der Waals surface area contributed by atoms with Crippen molar-refractivity contribution in [1.29, 1.82) is 0 Å². The third-order valence-corrected chi connectivity index (χ3v) is 7.84. The summed E-state index contributed by atoms with van der Waals surface area (Å²) in [5.41, 5.74) is 1.13. The average Bonchev–Trinajstić information content (AvgIpc) is 3.01. The van der Waals surface area contributed by atoms with Gasteiger partial charge in [-0.1, -0.05) is 25.1 Å². The number of benzene rings is 2. The molecular formula is C33H45F3N4O6. The molecule has 4 amide bonds. The number of halogens is 3. The number of alkyl halides is 3. The molecule has 1 heterocycles. The zero-order valence-corrected chi connectivity index (χ0v) is 26.8. The molecule has 0 bridgehead atoms. The number of aliphatic hydroxyl groups excluding tert-OH is 1. The summed E-state index contributed by atoms with van der Waals surface area (Å²) in [6, 6.07) is 12.6. The van der Waals surface area contributed by atoms with Crippen LogP contribution < -0.4 is 15.4 Å². The van der Waals surface area contributed by atoms with Crippen LogP contribution in [-0.4, -0.2) is 90.5 Å². The Bertz CT molecular complexity index is 1300. The molecule has 13 heteroatoms. The highest BCUT2D eigenvalue weighted by atomic mass is 19.4. The van der Waals surface area contributed by atoms with E-state index in [4.69, 9.17) is 9.47 Å². The molecule has 0 aromatic heterocycles. The summed E-state index contributed by atoms with van der Waals surface area (Å²) in [4.78, 5) is 42.1. The fourth-order valence-corrected chi connectivity index (χ4v) is 5.09. The number of rotatable bonds is 8. The molecule has 46 heavy (non-hydrogen) atoms. The van der Waals surface area contributed by atoms with E-state index in [1.54, 1.807) is 43.3 Å². The second-order valence-corrected chi connectivity index (χ2v) is 11.8. The smallest absolute Gasteiger partial charge is 0.389 e. The van der Waals surface area contributed by atoms with Crippen molar-refractivity contribution in [3.05, 3.63) is 54.1 Å². The third-order valence-electron chi connectivity index (χ3n) is 7.84. The molecule has 0 spiro atoms. The van der Waals surface area contributed by atoms with Gasteiger partial charge in [0.1, 0.15) is 5.75 Å². The van der Waals surface area contributed by atoms with Crippen LogP contribution in [0.25, 0.3) is 0 Å². The predicted octanol–water partition coefficient (Wildman–Crippen LogP) is 5.93. The minimum Gasteiger partial charge on any atom is -0.490 e. The molecule has 0 unspecified atom stereocenters. The van der Waals surface area contributed by atoms with Gasteiger partial charge in [-0.3, -0.25) is 9.59 Å². The predicted molar refractivity (Wildman–Crippen MR) is 169 cm³/mol. The van der Waals surface area contributed by atoms with Crippen molar-refractivity contribution in [3.63, 3.8) is 0 Å². The number of urea groups is 1. The monoisotopic (exact) mass is 650 g/mol. The van der Waals surface area contributed by atoms with Crippen molar-refractivity contribution in [1.82, 2.24) is 9.80 Å². The largest absolute Gasteiger partial charge is 0.490 e. The quantitative estimate of drug-likeness (QED) is 0.326.